The van der Waals surface area contributed by atoms with Crippen LogP contribution in [0.3, 0.4) is 0 Å². The van der Waals surface area contributed by atoms with Crippen LogP contribution in [0.4, 0.5) is 0 Å². The van der Waals surface area contributed by atoms with Crippen LogP contribution >= 0.6 is 0 Å². The summed E-state index contributed by atoms with van der Waals surface area (Å²) in [7, 11) is 0. The summed E-state index contributed by atoms with van der Waals surface area (Å²) in [5.41, 5.74) is 19.5. The Labute approximate surface area is 409 Å². The zero-order valence-electron chi connectivity index (χ0n) is 39.6. The highest BCUT2D eigenvalue weighted by molar-refractivity contribution is 5.99. The predicted molar refractivity (Wildman–Crippen MR) is 286 cm³/mol. The molecule has 4 bridgehead atoms. The maximum Gasteiger partial charge on any atom is 0.160 e. The third-order valence-corrected chi connectivity index (χ3v) is 17.7. The average molecular weight is 901 g/mol. The highest BCUT2D eigenvalue weighted by Crippen LogP contribution is 2.70. The molecule has 0 N–H and O–H groups in total. The van der Waals surface area contributed by atoms with Crippen LogP contribution in [0.1, 0.15) is 68.2 Å². The lowest BCUT2D eigenvalue weighted by atomic mass is 9.43. The SMILES string of the molecule is CC1(C)c2ccccc2Oc2cc3c(cc21)-c1ccc(-c2ccc4c(-c5ccc6ccccc6c5)nc(-c5ccc(-c6ccc(-c7ccccc7)cc6)cc5)nc4c2)cc1C31C2CC3CC(C2)CC1C3. The number of rotatable bonds is 5. The van der Waals surface area contributed by atoms with Gasteiger partial charge in [0.25, 0.3) is 0 Å². The molecule has 10 aromatic rings. The van der Waals surface area contributed by atoms with Crippen LogP contribution in [-0.4, -0.2) is 9.97 Å². The Morgan fingerprint density at radius 1 is 0.400 bits per heavy atom. The molecule has 0 atom stereocenters. The van der Waals surface area contributed by atoms with Crippen molar-refractivity contribution in [3.8, 4) is 78.7 Å². The van der Waals surface area contributed by atoms with Crippen molar-refractivity contribution in [2.24, 2.45) is 23.7 Å². The Hall–Kier alpha value is -7.62. The Morgan fingerprint density at radius 3 is 1.73 bits per heavy atom. The van der Waals surface area contributed by atoms with Crippen molar-refractivity contribution in [2.75, 3.05) is 0 Å². The third-order valence-electron chi connectivity index (χ3n) is 17.7. The summed E-state index contributed by atoms with van der Waals surface area (Å²) in [4.78, 5) is 10.8. The highest BCUT2D eigenvalue weighted by Gasteiger charge is 2.62. The van der Waals surface area contributed by atoms with Crippen LogP contribution in [0.2, 0.25) is 0 Å². The van der Waals surface area contributed by atoms with E-state index in [2.05, 4.69) is 208 Å². The number of hydrogen-bond donors (Lipinski definition) is 0. The van der Waals surface area contributed by atoms with Crippen LogP contribution in [0.15, 0.2) is 194 Å². The van der Waals surface area contributed by atoms with Crippen molar-refractivity contribution in [1.82, 2.24) is 9.97 Å². The molecule has 336 valence electrons. The molecule has 4 fully saturated rings. The van der Waals surface area contributed by atoms with Crippen molar-refractivity contribution in [1.29, 1.82) is 0 Å². The normalized spacial score (nSPS) is 21.9. The fourth-order valence-corrected chi connectivity index (χ4v) is 14.6. The van der Waals surface area contributed by atoms with Gasteiger partial charge >= 0.3 is 0 Å². The molecule has 0 unspecified atom stereocenters. The maximum absolute atomic E-state index is 6.89. The summed E-state index contributed by atoms with van der Waals surface area (Å²) in [6.07, 6.45) is 6.75. The minimum Gasteiger partial charge on any atom is -0.457 e. The summed E-state index contributed by atoms with van der Waals surface area (Å²) >= 11 is 0. The van der Waals surface area contributed by atoms with Crippen molar-refractivity contribution in [2.45, 2.75) is 56.8 Å². The molecule has 1 spiro atoms. The van der Waals surface area contributed by atoms with Crippen LogP contribution in [0, 0.1) is 23.7 Å². The summed E-state index contributed by atoms with van der Waals surface area (Å²) < 4.78 is 6.89. The van der Waals surface area contributed by atoms with Crippen molar-refractivity contribution >= 4 is 21.7 Å². The smallest absolute Gasteiger partial charge is 0.160 e. The van der Waals surface area contributed by atoms with Gasteiger partial charge in [0.1, 0.15) is 11.5 Å². The molecule has 3 nitrogen and oxygen atoms in total. The lowest BCUT2D eigenvalue weighted by molar-refractivity contribution is -0.0399. The van der Waals surface area contributed by atoms with E-state index in [-0.39, 0.29) is 10.8 Å². The number of hydrogen-bond acceptors (Lipinski definition) is 3. The molecule has 3 heteroatoms. The van der Waals surface area contributed by atoms with Crippen LogP contribution in [0.5, 0.6) is 11.5 Å². The first-order valence-corrected chi connectivity index (χ1v) is 25.5. The van der Waals surface area contributed by atoms with E-state index in [1.807, 2.05) is 0 Å². The van der Waals surface area contributed by atoms with Gasteiger partial charge in [-0.1, -0.05) is 166 Å². The van der Waals surface area contributed by atoms with Crippen LogP contribution in [-0.2, 0) is 10.8 Å². The van der Waals surface area contributed by atoms with Gasteiger partial charge in [-0.15, -0.1) is 0 Å². The van der Waals surface area contributed by atoms with Gasteiger partial charge < -0.3 is 4.74 Å². The van der Waals surface area contributed by atoms with E-state index in [9.17, 15) is 0 Å². The van der Waals surface area contributed by atoms with Crippen molar-refractivity contribution in [3.05, 3.63) is 216 Å². The largest absolute Gasteiger partial charge is 0.457 e. The van der Waals surface area contributed by atoms with Gasteiger partial charge in [0.15, 0.2) is 5.82 Å². The van der Waals surface area contributed by atoms with Gasteiger partial charge in [-0.2, -0.15) is 0 Å². The fourth-order valence-electron chi connectivity index (χ4n) is 14.6. The Morgan fingerprint density at radius 2 is 0.986 bits per heavy atom. The van der Waals surface area contributed by atoms with Gasteiger partial charge in [-0.3, -0.25) is 0 Å². The fraction of sp³-hybridized carbons (Fsp3) is 0.194. The second-order valence-corrected chi connectivity index (χ2v) is 21.8. The molecule has 0 radical (unpaired) electrons. The molecule has 16 rings (SSSR count). The second-order valence-electron chi connectivity index (χ2n) is 21.8. The van der Waals surface area contributed by atoms with Crippen LogP contribution in [0.25, 0.3) is 88.8 Å². The lowest BCUT2D eigenvalue weighted by Crippen LogP contribution is -2.55. The number of benzene rings is 9. The molecule has 9 aromatic carbocycles. The number of fused-ring (bicyclic) bond motifs is 7. The Balaban J connectivity index is 0.860. The van der Waals surface area contributed by atoms with Crippen molar-refractivity contribution in [3.63, 3.8) is 0 Å². The molecular formula is C67H52N2O. The maximum atomic E-state index is 6.89. The molecule has 4 saturated carbocycles. The Kier molecular flexibility index (Phi) is 8.60. The summed E-state index contributed by atoms with van der Waals surface area (Å²) in [6.45, 7) is 4.75. The molecule has 0 saturated heterocycles. The first-order valence-electron chi connectivity index (χ1n) is 25.5. The van der Waals surface area contributed by atoms with Gasteiger partial charge in [-0.05, 0) is 165 Å². The molecule has 5 aliphatic carbocycles. The standard InChI is InChI=1S/C67H52N2O/c1-66(2)57-14-8-9-15-62(57)70-63-39-59-56(38-60(63)66)54-28-26-49(36-58(54)67(59)52-31-40-30-41(33-52)34-53(67)32-40)50-27-29-55-61(37-50)68-65(69-64(55)51-25-22-43-12-6-7-13-48(43)35-51)47-23-20-46(21-24-47)45-18-16-44(17-19-45)42-10-4-3-5-11-42/h3-29,35-41,52-53H,30-34H2,1-2H3. The molecular weight excluding hydrogens is 849 g/mol. The van der Waals surface area contributed by atoms with Gasteiger partial charge in [0.05, 0.1) is 11.2 Å². The minimum atomic E-state index is -0.173. The van der Waals surface area contributed by atoms with Gasteiger partial charge in [-0.25, -0.2) is 9.97 Å². The van der Waals surface area contributed by atoms with Crippen molar-refractivity contribution < 1.29 is 4.74 Å². The first kappa shape index (κ1) is 40.3. The number of nitrogens with zero attached hydrogens (tertiary/aromatic N) is 2. The van der Waals surface area contributed by atoms with E-state index < -0.39 is 0 Å². The van der Waals surface area contributed by atoms with Crippen LogP contribution < -0.4 is 4.74 Å². The second kappa shape index (κ2) is 14.9. The van der Waals surface area contributed by atoms with E-state index >= 15 is 0 Å². The average Bonchev–Trinajstić information content (AvgIpc) is 3.68. The summed E-state index contributed by atoms with van der Waals surface area (Å²) in [5.74, 6) is 5.76. The molecule has 1 aliphatic heterocycles. The van der Waals surface area contributed by atoms with E-state index in [0.29, 0.717) is 11.8 Å². The monoisotopic (exact) mass is 900 g/mol. The van der Waals surface area contributed by atoms with E-state index in [0.717, 1.165) is 56.9 Å². The Bertz CT molecular complexity index is 3740. The zero-order valence-corrected chi connectivity index (χ0v) is 39.6. The molecule has 0 amide bonds. The molecule has 1 aromatic heterocycles. The minimum absolute atomic E-state index is 0.0148. The molecule has 2 heterocycles. The van der Waals surface area contributed by atoms with Gasteiger partial charge in [0.2, 0.25) is 0 Å². The van der Waals surface area contributed by atoms with E-state index in [1.165, 1.54) is 104 Å². The van der Waals surface area contributed by atoms with Gasteiger partial charge in [0, 0.05) is 38.5 Å². The van der Waals surface area contributed by atoms with E-state index in [1.54, 1.807) is 5.56 Å². The first-order chi connectivity index (χ1) is 34.3. The summed E-state index contributed by atoms with van der Waals surface area (Å²) in [6, 6.07) is 71.6. The molecule has 70 heavy (non-hydrogen) atoms. The number of aromatic nitrogens is 2. The quantitative estimate of drug-likeness (QED) is 0.173. The summed E-state index contributed by atoms with van der Waals surface area (Å²) in [5, 5.41) is 3.47. The lowest BCUT2D eigenvalue weighted by Gasteiger charge is -2.61. The number of ether oxygens (including phenoxy) is 1. The predicted octanol–water partition coefficient (Wildman–Crippen LogP) is 17.3. The molecule has 6 aliphatic rings. The number of para-hydroxylation sites is 1. The van der Waals surface area contributed by atoms with E-state index in [4.69, 9.17) is 14.7 Å². The third kappa shape index (κ3) is 5.94. The highest BCUT2D eigenvalue weighted by atomic mass is 16.5. The topological polar surface area (TPSA) is 35.0 Å². The zero-order chi connectivity index (χ0) is 46.3.